The van der Waals surface area contributed by atoms with Crippen LogP contribution in [0.4, 0.5) is 11.5 Å². The number of anilines is 2. The molecule has 1 aromatic heterocycles. The fourth-order valence-corrected chi connectivity index (χ4v) is 2.65. The molecule has 1 aromatic carbocycles. The van der Waals surface area contributed by atoms with Gasteiger partial charge in [-0.05, 0) is 37.5 Å². The number of benzene rings is 1. The highest BCUT2D eigenvalue weighted by Gasteiger charge is 2.23. The number of piperidine rings is 1. The summed E-state index contributed by atoms with van der Waals surface area (Å²) in [5.41, 5.74) is 8.08. The van der Waals surface area contributed by atoms with E-state index in [1.54, 1.807) is 6.20 Å². The van der Waals surface area contributed by atoms with E-state index >= 15 is 0 Å². The van der Waals surface area contributed by atoms with Gasteiger partial charge in [0, 0.05) is 12.2 Å². The molecule has 0 radical (unpaired) electrons. The lowest BCUT2D eigenvalue weighted by molar-refractivity contribution is 0.239. The molecule has 100 valence electrons. The molecule has 0 spiro atoms. The quantitative estimate of drug-likeness (QED) is 0.800. The van der Waals surface area contributed by atoms with Gasteiger partial charge < -0.3 is 15.7 Å². The summed E-state index contributed by atoms with van der Waals surface area (Å²) in [5.74, 6) is 0.844. The van der Waals surface area contributed by atoms with Gasteiger partial charge in [-0.25, -0.2) is 4.98 Å². The van der Waals surface area contributed by atoms with Crippen molar-refractivity contribution in [3.05, 3.63) is 24.4 Å². The van der Waals surface area contributed by atoms with E-state index in [4.69, 9.17) is 5.73 Å². The zero-order chi connectivity index (χ0) is 13.2. The van der Waals surface area contributed by atoms with Gasteiger partial charge in [-0.15, -0.1) is 0 Å². The summed E-state index contributed by atoms with van der Waals surface area (Å²) < 4.78 is 0. The average molecular weight is 258 g/mol. The Bertz CT molecular complexity index is 587. The molecule has 3 N–H and O–H groups in total. The Labute approximate surface area is 112 Å². The topological polar surface area (TPSA) is 75.3 Å². The number of fused-ring (bicyclic) bond motifs is 1. The summed E-state index contributed by atoms with van der Waals surface area (Å²) in [4.78, 5) is 11.2. The average Bonchev–Trinajstić information content (AvgIpc) is 2.46. The van der Waals surface area contributed by atoms with Crippen molar-refractivity contribution in [2.45, 2.75) is 25.3 Å². The Kier molecular flexibility index (Phi) is 3.21. The predicted molar refractivity (Wildman–Crippen MR) is 76.0 cm³/mol. The first kappa shape index (κ1) is 12.2. The standard InChI is InChI=1S/C14H18N4O/c15-10-4-5-12-13(7-10)16-8-14(17-12)18-6-2-1-3-11(18)9-19/h4-5,7-8,11,19H,1-3,6,9,15H2/t11-/m0/s1. The molecule has 0 saturated carbocycles. The van der Waals surface area contributed by atoms with Gasteiger partial charge in [-0.2, -0.15) is 0 Å². The highest BCUT2D eigenvalue weighted by Crippen LogP contribution is 2.24. The monoisotopic (exact) mass is 258 g/mol. The Morgan fingerprint density at radius 2 is 2.21 bits per heavy atom. The summed E-state index contributed by atoms with van der Waals surface area (Å²) in [6.45, 7) is 1.10. The fourth-order valence-electron chi connectivity index (χ4n) is 2.65. The van der Waals surface area contributed by atoms with Crippen LogP contribution in [0.3, 0.4) is 0 Å². The minimum atomic E-state index is 0.161. The zero-order valence-electron chi connectivity index (χ0n) is 10.8. The van der Waals surface area contributed by atoms with Crippen molar-refractivity contribution in [2.24, 2.45) is 0 Å². The molecule has 1 atom stereocenters. The van der Waals surface area contributed by atoms with Crippen LogP contribution < -0.4 is 10.6 Å². The summed E-state index contributed by atoms with van der Waals surface area (Å²) in [5, 5.41) is 9.47. The van der Waals surface area contributed by atoms with Crippen molar-refractivity contribution in [1.29, 1.82) is 0 Å². The first-order chi connectivity index (χ1) is 9.28. The molecule has 1 aliphatic rings. The molecular weight excluding hydrogens is 240 g/mol. The van der Waals surface area contributed by atoms with Gasteiger partial charge in [0.2, 0.25) is 0 Å². The maximum absolute atomic E-state index is 9.47. The van der Waals surface area contributed by atoms with Crippen LogP contribution in [0.15, 0.2) is 24.4 Å². The Morgan fingerprint density at radius 3 is 3.05 bits per heavy atom. The van der Waals surface area contributed by atoms with Crippen molar-refractivity contribution in [1.82, 2.24) is 9.97 Å². The number of hydrogen-bond donors (Lipinski definition) is 2. The Hall–Kier alpha value is -1.88. The van der Waals surface area contributed by atoms with Crippen molar-refractivity contribution in [3.8, 4) is 0 Å². The maximum Gasteiger partial charge on any atom is 0.148 e. The van der Waals surface area contributed by atoms with Gasteiger partial charge in [0.15, 0.2) is 0 Å². The molecule has 3 rings (SSSR count). The smallest absolute Gasteiger partial charge is 0.148 e. The normalized spacial score (nSPS) is 19.8. The molecule has 19 heavy (non-hydrogen) atoms. The number of hydrogen-bond acceptors (Lipinski definition) is 5. The third-order valence-corrected chi connectivity index (χ3v) is 3.69. The highest BCUT2D eigenvalue weighted by atomic mass is 16.3. The van der Waals surface area contributed by atoms with Crippen molar-refractivity contribution in [3.63, 3.8) is 0 Å². The second kappa shape index (κ2) is 5.01. The first-order valence-electron chi connectivity index (χ1n) is 6.68. The van der Waals surface area contributed by atoms with E-state index in [0.717, 1.165) is 36.2 Å². The van der Waals surface area contributed by atoms with Gasteiger partial charge in [0.25, 0.3) is 0 Å². The molecule has 0 amide bonds. The van der Waals surface area contributed by atoms with Gasteiger partial charge in [0.1, 0.15) is 5.82 Å². The van der Waals surface area contributed by atoms with E-state index in [1.165, 1.54) is 6.42 Å². The fraction of sp³-hybridized carbons (Fsp3) is 0.429. The van der Waals surface area contributed by atoms with E-state index < -0.39 is 0 Å². The first-order valence-corrected chi connectivity index (χ1v) is 6.68. The number of rotatable bonds is 2. The molecule has 0 bridgehead atoms. The lowest BCUT2D eigenvalue weighted by Crippen LogP contribution is -2.42. The number of aromatic nitrogens is 2. The van der Waals surface area contributed by atoms with Gasteiger partial charge in [-0.1, -0.05) is 0 Å². The van der Waals surface area contributed by atoms with Crippen LogP contribution in [0.1, 0.15) is 19.3 Å². The second-order valence-corrected chi connectivity index (χ2v) is 5.00. The number of nitrogens with two attached hydrogens (primary N) is 1. The lowest BCUT2D eigenvalue weighted by Gasteiger charge is -2.35. The molecule has 1 aliphatic heterocycles. The van der Waals surface area contributed by atoms with Crippen LogP contribution in [0, 0.1) is 0 Å². The number of nitrogens with zero attached hydrogens (tertiary/aromatic N) is 3. The molecule has 5 nitrogen and oxygen atoms in total. The number of nitrogen functional groups attached to an aromatic ring is 1. The molecule has 1 fully saturated rings. The minimum absolute atomic E-state index is 0.161. The van der Waals surface area contributed by atoms with Crippen molar-refractivity contribution in [2.75, 3.05) is 23.8 Å². The molecule has 0 aliphatic carbocycles. The van der Waals surface area contributed by atoms with Crippen LogP contribution in [0.5, 0.6) is 0 Å². The van der Waals surface area contributed by atoms with E-state index in [1.807, 2.05) is 18.2 Å². The van der Waals surface area contributed by atoms with E-state index in [2.05, 4.69) is 14.9 Å². The summed E-state index contributed by atoms with van der Waals surface area (Å²) in [6, 6.07) is 5.71. The van der Waals surface area contributed by atoms with Crippen LogP contribution in [0.2, 0.25) is 0 Å². The van der Waals surface area contributed by atoms with Crippen LogP contribution in [-0.4, -0.2) is 34.3 Å². The molecular formula is C14H18N4O. The molecule has 1 saturated heterocycles. The lowest BCUT2D eigenvalue weighted by atomic mass is 10.0. The number of aliphatic hydroxyl groups is 1. The molecule has 2 heterocycles. The second-order valence-electron chi connectivity index (χ2n) is 5.00. The third-order valence-electron chi connectivity index (χ3n) is 3.69. The maximum atomic E-state index is 9.47. The Morgan fingerprint density at radius 1 is 1.32 bits per heavy atom. The molecule has 0 unspecified atom stereocenters. The van der Waals surface area contributed by atoms with Gasteiger partial charge >= 0.3 is 0 Å². The van der Waals surface area contributed by atoms with E-state index in [9.17, 15) is 5.11 Å². The third kappa shape index (κ3) is 2.33. The van der Waals surface area contributed by atoms with Gasteiger partial charge in [-0.3, -0.25) is 4.98 Å². The van der Waals surface area contributed by atoms with Crippen LogP contribution >= 0.6 is 0 Å². The van der Waals surface area contributed by atoms with E-state index in [-0.39, 0.29) is 12.6 Å². The van der Waals surface area contributed by atoms with Crippen LogP contribution in [0.25, 0.3) is 11.0 Å². The van der Waals surface area contributed by atoms with Crippen molar-refractivity contribution < 1.29 is 5.11 Å². The van der Waals surface area contributed by atoms with E-state index in [0.29, 0.717) is 5.69 Å². The summed E-state index contributed by atoms with van der Waals surface area (Å²) in [7, 11) is 0. The SMILES string of the molecule is Nc1ccc2nc(N3CCCC[C@H]3CO)cnc2c1. The van der Waals surface area contributed by atoms with Crippen LogP contribution in [-0.2, 0) is 0 Å². The van der Waals surface area contributed by atoms with Crippen molar-refractivity contribution >= 4 is 22.5 Å². The number of aliphatic hydroxyl groups excluding tert-OH is 1. The summed E-state index contributed by atoms with van der Waals surface area (Å²) >= 11 is 0. The highest BCUT2D eigenvalue weighted by molar-refractivity contribution is 5.79. The predicted octanol–water partition coefficient (Wildman–Crippen LogP) is 1.56. The Balaban J connectivity index is 1.97. The summed E-state index contributed by atoms with van der Waals surface area (Å²) in [6.07, 6.45) is 5.09. The zero-order valence-corrected chi connectivity index (χ0v) is 10.8. The molecule has 2 aromatic rings. The largest absolute Gasteiger partial charge is 0.399 e. The minimum Gasteiger partial charge on any atom is -0.399 e. The molecule has 5 heteroatoms. The van der Waals surface area contributed by atoms with Gasteiger partial charge in [0.05, 0.1) is 29.9 Å².